The van der Waals surface area contributed by atoms with Crippen LogP contribution in [0.25, 0.3) is 0 Å². The molecule has 1 atom stereocenters. The number of methoxy groups -OCH3 is 2. The number of ether oxygens (including phenoxy) is 2. The van der Waals surface area contributed by atoms with E-state index < -0.39 is 10.0 Å². The van der Waals surface area contributed by atoms with E-state index in [-0.39, 0.29) is 43.1 Å². The Morgan fingerprint density at radius 3 is 2.12 bits per heavy atom. The van der Waals surface area contributed by atoms with Crippen molar-refractivity contribution in [2.45, 2.75) is 17.9 Å². The van der Waals surface area contributed by atoms with Crippen LogP contribution >= 0.6 is 0 Å². The fraction of sp³-hybridized carbons (Fsp3) is 0.562. The quantitative estimate of drug-likeness (QED) is 0.567. The van der Waals surface area contributed by atoms with Crippen LogP contribution in [0.3, 0.4) is 0 Å². The molecule has 9 heteroatoms. The molecule has 1 aromatic rings. The standard InChI is InChI=1S/C16H27N3O5S/c1-13(12-17)18-16(20)14-4-6-15(7-5-14)25(21,22)19(8-10-23-2)9-11-24-3/h4-7,13H,8-12,17H2,1-3H3,(H,18,20)/t13-/m0/s1. The van der Waals surface area contributed by atoms with Crippen molar-refractivity contribution >= 4 is 15.9 Å². The summed E-state index contributed by atoms with van der Waals surface area (Å²) in [7, 11) is -0.673. The van der Waals surface area contributed by atoms with Crippen LogP contribution in [0.15, 0.2) is 29.2 Å². The lowest BCUT2D eigenvalue weighted by Crippen LogP contribution is -2.38. The zero-order valence-corrected chi connectivity index (χ0v) is 15.7. The summed E-state index contributed by atoms with van der Waals surface area (Å²) in [5, 5.41) is 2.73. The Labute approximate surface area is 149 Å². The molecule has 0 aliphatic carbocycles. The van der Waals surface area contributed by atoms with Crippen molar-refractivity contribution in [3.8, 4) is 0 Å². The zero-order valence-electron chi connectivity index (χ0n) is 14.9. The van der Waals surface area contributed by atoms with Crippen LogP contribution in [-0.2, 0) is 19.5 Å². The van der Waals surface area contributed by atoms with Crippen molar-refractivity contribution in [2.75, 3.05) is 47.1 Å². The van der Waals surface area contributed by atoms with Gasteiger partial charge < -0.3 is 20.5 Å². The van der Waals surface area contributed by atoms with Gasteiger partial charge in [0, 0.05) is 45.5 Å². The van der Waals surface area contributed by atoms with Gasteiger partial charge in [-0.2, -0.15) is 4.31 Å². The third-order valence-electron chi connectivity index (χ3n) is 3.57. The average Bonchev–Trinajstić information content (AvgIpc) is 2.61. The van der Waals surface area contributed by atoms with Crippen molar-refractivity contribution in [3.05, 3.63) is 29.8 Å². The maximum Gasteiger partial charge on any atom is 0.251 e. The number of amides is 1. The van der Waals surface area contributed by atoms with Crippen LogP contribution in [-0.4, -0.2) is 71.7 Å². The highest BCUT2D eigenvalue weighted by molar-refractivity contribution is 7.89. The predicted molar refractivity (Wildman–Crippen MR) is 94.9 cm³/mol. The second-order valence-electron chi connectivity index (χ2n) is 5.52. The SMILES string of the molecule is COCCN(CCOC)S(=O)(=O)c1ccc(C(=O)N[C@@H](C)CN)cc1. The highest BCUT2D eigenvalue weighted by atomic mass is 32.2. The van der Waals surface area contributed by atoms with Gasteiger partial charge in [0.15, 0.2) is 0 Å². The number of carbonyl (C=O) groups excluding carboxylic acids is 1. The Balaban J connectivity index is 2.94. The summed E-state index contributed by atoms with van der Waals surface area (Å²) >= 11 is 0. The molecule has 25 heavy (non-hydrogen) atoms. The van der Waals surface area contributed by atoms with E-state index in [1.807, 2.05) is 0 Å². The van der Waals surface area contributed by atoms with Crippen LogP contribution in [0.4, 0.5) is 0 Å². The van der Waals surface area contributed by atoms with Gasteiger partial charge >= 0.3 is 0 Å². The van der Waals surface area contributed by atoms with Crippen LogP contribution < -0.4 is 11.1 Å². The molecular formula is C16H27N3O5S. The first-order valence-corrected chi connectivity index (χ1v) is 9.39. The third kappa shape index (κ3) is 6.37. The smallest absolute Gasteiger partial charge is 0.251 e. The molecular weight excluding hydrogens is 346 g/mol. The van der Waals surface area contributed by atoms with E-state index >= 15 is 0 Å². The molecule has 8 nitrogen and oxygen atoms in total. The maximum atomic E-state index is 12.7. The minimum atomic E-state index is -3.69. The number of carbonyl (C=O) groups is 1. The van der Waals surface area contributed by atoms with Crippen molar-refractivity contribution in [1.82, 2.24) is 9.62 Å². The molecule has 142 valence electrons. The van der Waals surface area contributed by atoms with E-state index in [0.717, 1.165) is 0 Å². The Bertz CT molecular complexity index is 626. The fourth-order valence-electron chi connectivity index (χ4n) is 2.03. The van der Waals surface area contributed by atoms with Gasteiger partial charge in [-0.15, -0.1) is 0 Å². The van der Waals surface area contributed by atoms with E-state index in [2.05, 4.69) is 5.32 Å². The lowest BCUT2D eigenvalue weighted by Gasteiger charge is -2.21. The Morgan fingerprint density at radius 2 is 1.68 bits per heavy atom. The number of nitrogens with zero attached hydrogens (tertiary/aromatic N) is 1. The van der Waals surface area contributed by atoms with Gasteiger partial charge in [0.25, 0.3) is 5.91 Å². The highest BCUT2D eigenvalue weighted by Gasteiger charge is 2.24. The number of nitrogens with two attached hydrogens (primary N) is 1. The third-order valence-corrected chi connectivity index (χ3v) is 5.49. The van der Waals surface area contributed by atoms with Crippen LogP contribution in [0, 0.1) is 0 Å². The van der Waals surface area contributed by atoms with Gasteiger partial charge in [-0.1, -0.05) is 0 Å². The first-order valence-electron chi connectivity index (χ1n) is 7.95. The van der Waals surface area contributed by atoms with Gasteiger partial charge in [0.1, 0.15) is 0 Å². The molecule has 1 amide bonds. The lowest BCUT2D eigenvalue weighted by molar-refractivity contribution is 0.0941. The molecule has 0 unspecified atom stereocenters. The summed E-state index contributed by atoms with van der Waals surface area (Å²) < 4.78 is 36.7. The van der Waals surface area contributed by atoms with Crippen LogP contribution in [0.1, 0.15) is 17.3 Å². The van der Waals surface area contributed by atoms with E-state index in [9.17, 15) is 13.2 Å². The molecule has 0 bridgehead atoms. The largest absolute Gasteiger partial charge is 0.383 e. The molecule has 3 N–H and O–H groups in total. The molecule has 0 aliphatic rings. The second-order valence-corrected chi connectivity index (χ2v) is 7.46. The number of sulfonamides is 1. The molecule has 0 radical (unpaired) electrons. The van der Waals surface area contributed by atoms with E-state index in [1.54, 1.807) is 6.92 Å². The molecule has 0 spiro atoms. The summed E-state index contributed by atoms with van der Waals surface area (Å²) in [5.41, 5.74) is 5.85. The molecule has 0 saturated heterocycles. The molecule has 0 fully saturated rings. The van der Waals surface area contributed by atoms with Gasteiger partial charge in [-0.3, -0.25) is 4.79 Å². The molecule has 1 aromatic carbocycles. The highest BCUT2D eigenvalue weighted by Crippen LogP contribution is 2.16. The van der Waals surface area contributed by atoms with Crippen LogP contribution in [0.5, 0.6) is 0 Å². The number of benzene rings is 1. The summed E-state index contributed by atoms with van der Waals surface area (Å²) in [5.74, 6) is -0.294. The first-order chi connectivity index (χ1) is 11.9. The second kappa shape index (κ2) is 10.5. The average molecular weight is 373 g/mol. The number of nitrogens with one attached hydrogen (secondary N) is 1. The molecule has 1 rings (SSSR count). The molecule has 0 heterocycles. The number of hydrogen-bond donors (Lipinski definition) is 2. The summed E-state index contributed by atoms with van der Waals surface area (Å²) in [4.78, 5) is 12.1. The Morgan fingerprint density at radius 1 is 1.16 bits per heavy atom. The topological polar surface area (TPSA) is 111 Å². The molecule has 0 aliphatic heterocycles. The number of rotatable bonds is 11. The monoisotopic (exact) mass is 373 g/mol. The van der Waals surface area contributed by atoms with E-state index in [0.29, 0.717) is 12.1 Å². The van der Waals surface area contributed by atoms with Crippen molar-refractivity contribution in [1.29, 1.82) is 0 Å². The Hall–Kier alpha value is -1.52. The minimum Gasteiger partial charge on any atom is -0.383 e. The van der Waals surface area contributed by atoms with Crippen LogP contribution in [0.2, 0.25) is 0 Å². The van der Waals surface area contributed by atoms with Gasteiger partial charge in [0.05, 0.1) is 18.1 Å². The summed E-state index contributed by atoms with van der Waals surface area (Å²) in [6.45, 7) is 3.12. The van der Waals surface area contributed by atoms with Gasteiger partial charge in [0.2, 0.25) is 10.0 Å². The zero-order chi connectivity index (χ0) is 18.9. The minimum absolute atomic E-state index is 0.114. The maximum absolute atomic E-state index is 12.7. The fourth-order valence-corrected chi connectivity index (χ4v) is 3.44. The van der Waals surface area contributed by atoms with Gasteiger partial charge in [-0.05, 0) is 31.2 Å². The Kier molecular flexibility index (Phi) is 9.01. The predicted octanol–water partition coefficient (Wildman–Crippen LogP) is 0.0471. The lowest BCUT2D eigenvalue weighted by atomic mass is 10.2. The van der Waals surface area contributed by atoms with Crippen molar-refractivity contribution < 1.29 is 22.7 Å². The summed E-state index contributed by atoms with van der Waals surface area (Å²) in [6.07, 6.45) is 0. The first kappa shape index (κ1) is 21.5. The van der Waals surface area contributed by atoms with E-state index in [4.69, 9.17) is 15.2 Å². The van der Waals surface area contributed by atoms with Gasteiger partial charge in [-0.25, -0.2) is 8.42 Å². The van der Waals surface area contributed by atoms with Crippen molar-refractivity contribution in [2.24, 2.45) is 5.73 Å². The normalized spacial score (nSPS) is 13.0. The number of hydrogen-bond acceptors (Lipinski definition) is 6. The summed E-state index contributed by atoms with van der Waals surface area (Å²) in [6, 6.07) is 5.65. The van der Waals surface area contributed by atoms with Crippen molar-refractivity contribution in [3.63, 3.8) is 0 Å². The molecule has 0 saturated carbocycles. The van der Waals surface area contributed by atoms with E-state index in [1.165, 1.54) is 42.8 Å². The molecule has 0 aromatic heterocycles.